The summed E-state index contributed by atoms with van der Waals surface area (Å²) < 4.78 is 11.0. The van der Waals surface area contributed by atoms with Gasteiger partial charge in [-0.2, -0.15) is 0 Å². The fourth-order valence-electron chi connectivity index (χ4n) is 3.69. The van der Waals surface area contributed by atoms with Crippen molar-refractivity contribution < 1.29 is 34.7 Å². The van der Waals surface area contributed by atoms with E-state index >= 15 is 0 Å². The standard InChI is InChI=1S/C19H30O7/c1-10-7-12(21)8-19(3,4)13(10)6-5-11(2)25-18-17(24)16(23)15(22)14(9-20)26-18/h5-7,11,13-18,20,22-24H,8-9H2,1-4H3/b6-5+/t11-,13-,14+,15+,16-,17+,18+/m0/s1. The van der Waals surface area contributed by atoms with Crippen LogP contribution in [0.15, 0.2) is 23.8 Å². The van der Waals surface area contributed by atoms with Gasteiger partial charge in [0.1, 0.15) is 24.4 Å². The normalized spacial score (nSPS) is 39.1. The number of hydrogen-bond acceptors (Lipinski definition) is 7. The van der Waals surface area contributed by atoms with Crippen LogP contribution in [0.5, 0.6) is 0 Å². The second-order valence-electron chi connectivity index (χ2n) is 7.92. The maximum Gasteiger partial charge on any atom is 0.187 e. The van der Waals surface area contributed by atoms with Gasteiger partial charge in [0.05, 0.1) is 12.7 Å². The lowest BCUT2D eigenvalue weighted by atomic mass is 9.68. The summed E-state index contributed by atoms with van der Waals surface area (Å²) in [5.41, 5.74) is 0.789. The first-order chi connectivity index (χ1) is 12.1. The van der Waals surface area contributed by atoms with E-state index in [1.807, 2.05) is 32.9 Å². The molecule has 4 N–H and O–H groups in total. The third-order valence-electron chi connectivity index (χ3n) is 5.12. The summed E-state index contributed by atoms with van der Waals surface area (Å²) >= 11 is 0. The van der Waals surface area contributed by atoms with E-state index in [2.05, 4.69) is 0 Å². The van der Waals surface area contributed by atoms with Gasteiger partial charge in [-0.05, 0) is 25.3 Å². The number of rotatable bonds is 5. The van der Waals surface area contributed by atoms with E-state index < -0.39 is 43.4 Å². The molecule has 0 saturated carbocycles. The van der Waals surface area contributed by atoms with Gasteiger partial charge >= 0.3 is 0 Å². The number of ketones is 1. The van der Waals surface area contributed by atoms with Crippen LogP contribution >= 0.6 is 0 Å². The third-order valence-corrected chi connectivity index (χ3v) is 5.12. The van der Waals surface area contributed by atoms with Gasteiger partial charge < -0.3 is 29.9 Å². The van der Waals surface area contributed by atoms with Crippen molar-refractivity contribution in [1.29, 1.82) is 0 Å². The van der Waals surface area contributed by atoms with Crippen LogP contribution in [0.3, 0.4) is 0 Å². The fourth-order valence-corrected chi connectivity index (χ4v) is 3.69. The Hall–Kier alpha value is -1.09. The minimum atomic E-state index is -1.46. The number of allylic oxidation sites excluding steroid dienone is 3. The molecular weight excluding hydrogens is 340 g/mol. The second-order valence-corrected chi connectivity index (χ2v) is 7.92. The minimum Gasteiger partial charge on any atom is -0.394 e. The van der Waals surface area contributed by atoms with Crippen molar-refractivity contribution in [3.05, 3.63) is 23.8 Å². The van der Waals surface area contributed by atoms with Crippen LogP contribution < -0.4 is 0 Å². The molecule has 0 aromatic carbocycles. The van der Waals surface area contributed by atoms with Gasteiger partial charge in [0.15, 0.2) is 12.1 Å². The summed E-state index contributed by atoms with van der Waals surface area (Å²) in [5, 5.41) is 38.9. The summed E-state index contributed by atoms with van der Waals surface area (Å²) in [6, 6.07) is 0. The van der Waals surface area contributed by atoms with Crippen LogP contribution in [0.1, 0.15) is 34.1 Å². The number of aliphatic hydroxyl groups excluding tert-OH is 4. The Labute approximate surface area is 153 Å². The molecular formula is C19H30O7. The molecule has 0 radical (unpaired) electrons. The van der Waals surface area contributed by atoms with Gasteiger partial charge in [-0.1, -0.05) is 31.6 Å². The average Bonchev–Trinajstić information content (AvgIpc) is 2.53. The van der Waals surface area contributed by atoms with Crippen molar-refractivity contribution in [2.24, 2.45) is 11.3 Å². The average molecular weight is 370 g/mol. The van der Waals surface area contributed by atoms with Gasteiger partial charge in [0, 0.05) is 12.3 Å². The zero-order valence-electron chi connectivity index (χ0n) is 15.7. The van der Waals surface area contributed by atoms with Crippen molar-refractivity contribution in [3.63, 3.8) is 0 Å². The van der Waals surface area contributed by atoms with E-state index in [1.54, 1.807) is 13.0 Å². The van der Waals surface area contributed by atoms with Gasteiger partial charge in [-0.3, -0.25) is 4.79 Å². The molecule has 7 atom stereocenters. The highest BCUT2D eigenvalue weighted by Gasteiger charge is 2.44. The monoisotopic (exact) mass is 370 g/mol. The van der Waals surface area contributed by atoms with Crippen molar-refractivity contribution in [2.45, 2.75) is 70.9 Å². The summed E-state index contributed by atoms with van der Waals surface area (Å²) in [4.78, 5) is 11.8. The third kappa shape index (κ3) is 4.60. The van der Waals surface area contributed by atoms with Gasteiger partial charge in [0.25, 0.3) is 0 Å². The van der Waals surface area contributed by atoms with E-state index in [0.29, 0.717) is 6.42 Å². The quantitative estimate of drug-likeness (QED) is 0.515. The summed E-state index contributed by atoms with van der Waals surface area (Å²) in [6.07, 6.45) is -0.958. The minimum absolute atomic E-state index is 0.0843. The molecule has 1 aliphatic heterocycles. The first-order valence-electron chi connectivity index (χ1n) is 8.92. The number of aliphatic hydroxyl groups is 4. The Morgan fingerprint density at radius 2 is 1.96 bits per heavy atom. The highest BCUT2D eigenvalue weighted by molar-refractivity contribution is 5.92. The fraction of sp³-hybridized carbons (Fsp3) is 0.737. The van der Waals surface area contributed by atoms with E-state index in [1.165, 1.54) is 0 Å². The van der Waals surface area contributed by atoms with Crippen LogP contribution in [0.4, 0.5) is 0 Å². The summed E-state index contributed by atoms with van der Waals surface area (Å²) in [6.45, 7) is 7.28. The molecule has 1 saturated heterocycles. The van der Waals surface area contributed by atoms with E-state index in [-0.39, 0.29) is 17.1 Å². The maximum atomic E-state index is 11.8. The first-order valence-corrected chi connectivity index (χ1v) is 8.92. The molecule has 2 rings (SSSR count). The van der Waals surface area contributed by atoms with Crippen LogP contribution in [-0.4, -0.2) is 69.6 Å². The lowest BCUT2D eigenvalue weighted by molar-refractivity contribution is -0.306. The molecule has 26 heavy (non-hydrogen) atoms. The number of carbonyl (C=O) groups excluding carboxylic acids is 1. The van der Waals surface area contributed by atoms with Gasteiger partial charge in [-0.15, -0.1) is 0 Å². The van der Waals surface area contributed by atoms with E-state index in [9.17, 15) is 25.2 Å². The Balaban J connectivity index is 2.03. The van der Waals surface area contributed by atoms with Crippen LogP contribution in [0.2, 0.25) is 0 Å². The lowest BCUT2D eigenvalue weighted by Gasteiger charge is -2.40. The molecule has 0 aromatic rings. The van der Waals surface area contributed by atoms with Gasteiger partial charge in [-0.25, -0.2) is 0 Å². The highest BCUT2D eigenvalue weighted by Crippen LogP contribution is 2.40. The molecule has 148 valence electrons. The smallest absolute Gasteiger partial charge is 0.187 e. The number of carbonyl (C=O) groups is 1. The highest BCUT2D eigenvalue weighted by atomic mass is 16.7. The maximum absolute atomic E-state index is 11.8. The van der Waals surface area contributed by atoms with Crippen LogP contribution in [-0.2, 0) is 14.3 Å². The second kappa shape index (κ2) is 8.29. The predicted molar refractivity (Wildman–Crippen MR) is 94.1 cm³/mol. The Morgan fingerprint density at radius 1 is 1.31 bits per heavy atom. The molecule has 1 aliphatic carbocycles. The molecule has 7 nitrogen and oxygen atoms in total. The molecule has 0 unspecified atom stereocenters. The SMILES string of the molecule is CC1=CC(=O)CC(C)(C)[C@H]1/C=C/[C@H](C)O[C@@H]1O[C@H](CO)[C@@H](O)[C@H](O)[C@H]1O. The molecule has 0 spiro atoms. The zero-order chi connectivity index (χ0) is 19.6. The molecule has 0 bridgehead atoms. The lowest BCUT2D eigenvalue weighted by Crippen LogP contribution is -2.59. The Kier molecular flexibility index (Phi) is 6.76. The molecule has 0 aromatic heterocycles. The van der Waals surface area contributed by atoms with Crippen molar-refractivity contribution in [2.75, 3.05) is 6.61 Å². The van der Waals surface area contributed by atoms with Crippen LogP contribution in [0, 0.1) is 11.3 Å². The van der Waals surface area contributed by atoms with E-state index in [0.717, 1.165) is 5.57 Å². The zero-order valence-corrected chi connectivity index (χ0v) is 15.7. The first kappa shape index (κ1) is 21.2. The topological polar surface area (TPSA) is 116 Å². The number of hydrogen-bond donors (Lipinski definition) is 4. The molecule has 1 fully saturated rings. The molecule has 0 amide bonds. The number of ether oxygens (including phenoxy) is 2. The molecule has 1 heterocycles. The summed E-state index contributed by atoms with van der Waals surface area (Å²) in [7, 11) is 0. The van der Waals surface area contributed by atoms with Crippen molar-refractivity contribution >= 4 is 5.78 Å². The van der Waals surface area contributed by atoms with Crippen molar-refractivity contribution in [1.82, 2.24) is 0 Å². The Bertz CT molecular complexity index is 566. The molecule has 2 aliphatic rings. The Morgan fingerprint density at radius 3 is 2.54 bits per heavy atom. The molecule has 7 heteroatoms. The predicted octanol–water partition coefficient (Wildman–Crippen LogP) is 0.309. The van der Waals surface area contributed by atoms with Gasteiger partial charge in [0.2, 0.25) is 0 Å². The van der Waals surface area contributed by atoms with E-state index in [4.69, 9.17) is 9.47 Å². The largest absolute Gasteiger partial charge is 0.394 e. The summed E-state index contributed by atoms with van der Waals surface area (Å²) in [5.74, 6) is 0.212. The van der Waals surface area contributed by atoms with Crippen molar-refractivity contribution in [3.8, 4) is 0 Å². The van der Waals surface area contributed by atoms with Crippen LogP contribution in [0.25, 0.3) is 0 Å².